The topological polar surface area (TPSA) is 24.1 Å². The molecular formula is C7H4BINOS+. The van der Waals surface area contributed by atoms with Crippen LogP contribution in [-0.2, 0) is 0 Å². The Bertz CT molecular complexity index is 403. The van der Waals surface area contributed by atoms with Crippen LogP contribution in [0.15, 0.2) is 18.3 Å². The number of aromatic nitrogens is 1. The highest BCUT2D eigenvalue weighted by Crippen LogP contribution is 2.21. The van der Waals surface area contributed by atoms with Gasteiger partial charge in [0.15, 0.2) is 0 Å². The quantitative estimate of drug-likeness (QED) is 0.330. The number of hydrogen-bond acceptors (Lipinski definition) is 2. The molecule has 0 fully saturated rings. The van der Waals surface area contributed by atoms with E-state index in [0.717, 1.165) is 17.8 Å². The van der Waals surface area contributed by atoms with E-state index in [1.54, 1.807) is 23.6 Å². The fourth-order valence-corrected chi connectivity index (χ4v) is 2.80. The highest BCUT2D eigenvalue weighted by molar-refractivity contribution is 14.1. The van der Waals surface area contributed by atoms with Gasteiger partial charge in [0.25, 0.3) is 5.52 Å². The zero-order valence-electron chi connectivity index (χ0n) is 5.99. The second-order valence-corrected chi connectivity index (χ2v) is 5.33. The predicted molar refractivity (Wildman–Crippen MR) is 57.3 cm³/mol. The second-order valence-electron chi connectivity index (χ2n) is 2.38. The Morgan fingerprint density at radius 3 is 3.00 bits per heavy atom. The van der Waals surface area contributed by atoms with E-state index in [1.807, 2.05) is 6.07 Å². The van der Waals surface area contributed by atoms with Crippen LogP contribution < -0.4 is 10.2 Å². The van der Waals surface area contributed by atoms with E-state index in [4.69, 9.17) is 7.85 Å². The van der Waals surface area contributed by atoms with Crippen LogP contribution in [0, 0.1) is 2.88 Å². The Kier molecular flexibility index (Phi) is 2.00. The molecule has 0 bridgehead atoms. The lowest BCUT2D eigenvalue weighted by Crippen LogP contribution is -2.31. The van der Waals surface area contributed by atoms with Gasteiger partial charge in [0.1, 0.15) is 7.85 Å². The number of nitrogens with zero attached hydrogens (tertiary/aromatic N) is 1. The number of fused-ring (bicyclic) bond motifs is 1. The normalized spacial score (nSPS) is 10.8. The summed E-state index contributed by atoms with van der Waals surface area (Å²) in [6.07, 6.45) is 1.54. The largest absolute Gasteiger partial charge is 0.284 e. The van der Waals surface area contributed by atoms with Gasteiger partial charge in [-0.2, -0.15) is 0 Å². The van der Waals surface area contributed by atoms with Crippen LogP contribution in [0.4, 0.5) is 0 Å². The fraction of sp³-hybridized carbons (Fsp3) is 0. The number of pyridine rings is 1. The van der Waals surface area contributed by atoms with Crippen LogP contribution in [0.25, 0.3) is 10.2 Å². The summed E-state index contributed by atoms with van der Waals surface area (Å²) in [6, 6.07) is 3.59. The van der Waals surface area contributed by atoms with Crippen LogP contribution in [0.5, 0.6) is 0 Å². The third-order valence-corrected chi connectivity index (χ3v) is 3.52. The molecule has 0 unspecified atom stereocenters. The van der Waals surface area contributed by atoms with Crippen LogP contribution in [0.2, 0.25) is 0 Å². The lowest BCUT2D eigenvalue weighted by atomic mass is 9.97. The maximum Gasteiger partial charge on any atom is 0.275 e. The number of hydrogen-bond donors (Lipinski definition) is 1. The number of halogens is 1. The van der Waals surface area contributed by atoms with Crippen molar-refractivity contribution in [1.82, 2.24) is 0 Å². The molecule has 0 saturated heterocycles. The first kappa shape index (κ1) is 8.31. The van der Waals surface area contributed by atoms with Gasteiger partial charge in [-0.3, -0.25) is 5.21 Å². The molecule has 58 valence electrons. The average molecular weight is 288 g/mol. The highest BCUT2D eigenvalue weighted by Gasteiger charge is 2.12. The fourth-order valence-electron chi connectivity index (χ4n) is 1.04. The van der Waals surface area contributed by atoms with Gasteiger partial charge < -0.3 is 0 Å². The molecule has 2 rings (SSSR count). The van der Waals surface area contributed by atoms with Crippen molar-refractivity contribution in [2.24, 2.45) is 0 Å². The van der Waals surface area contributed by atoms with E-state index in [-0.39, 0.29) is 0 Å². The molecule has 5 heteroatoms. The van der Waals surface area contributed by atoms with Gasteiger partial charge in [-0.15, -0.1) is 11.3 Å². The van der Waals surface area contributed by atoms with Crippen molar-refractivity contribution in [1.29, 1.82) is 0 Å². The molecule has 0 spiro atoms. The van der Waals surface area contributed by atoms with Gasteiger partial charge in [-0.05, 0) is 22.6 Å². The molecule has 0 aliphatic carbocycles. The van der Waals surface area contributed by atoms with Gasteiger partial charge in [-0.25, -0.2) is 0 Å². The molecule has 0 atom stereocenters. The summed E-state index contributed by atoms with van der Waals surface area (Å²) in [7, 11) is 5.72. The summed E-state index contributed by atoms with van der Waals surface area (Å²) in [6.45, 7) is 0. The molecule has 12 heavy (non-hydrogen) atoms. The first-order chi connectivity index (χ1) is 5.68. The van der Waals surface area contributed by atoms with Crippen molar-refractivity contribution < 1.29 is 9.94 Å². The minimum atomic E-state index is 0.711. The van der Waals surface area contributed by atoms with Crippen LogP contribution in [0.3, 0.4) is 0 Å². The molecule has 0 aromatic carbocycles. The SMILES string of the molecule is [B]c1cc[n+](O)c2cc(I)sc12. The molecule has 0 amide bonds. The van der Waals surface area contributed by atoms with Gasteiger partial charge in [-0.1, -0.05) is 5.46 Å². The van der Waals surface area contributed by atoms with Gasteiger partial charge in [0.2, 0.25) is 6.20 Å². The second kappa shape index (κ2) is 2.88. The summed E-state index contributed by atoms with van der Waals surface area (Å²) in [5, 5.41) is 9.37. The Balaban J connectivity index is 2.93. The Morgan fingerprint density at radius 1 is 1.58 bits per heavy atom. The monoisotopic (exact) mass is 288 g/mol. The molecule has 0 aliphatic heterocycles. The van der Waals surface area contributed by atoms with Gasteiger partial charge >= 0.3 is 0 Å². The maximum absolute atomic E-state index is 9.37. The van der Waals surface area contributed by atoms with Crippen molar-refractivity contribution in [3.05, 3.63) is 21.2 Å². The first-order valence-electron chi connectivity index (χ1n) is 3.27. The molecule has 2 radical (unpaired) electrons. The van der Waals surface area contributed by atoms with Crippen molar-refractivity contribution >= 4 is 57.5 Å². The van der Waals surface area contributed by atoms with E-state index in [2.05, 4.69) is 22.6 Å². The van der Waals surface area contributed by atoms with Gasteiger partial charge in [0, 0.05) is 16.9 Å². The smallest absolute Gasteiger partial charge is 0.275 e. The van der Waals surface area contributed by atoms with Gasteiger partial charge in [0.05, 0.1) is 7.58 Å². The minimum Gasteiger partial charge on any atom is -0.284 e. The summed E-state index contributed by atoms with van der Waals surface area (Å²) in [5.74, 6) is 0. The van der Waals surface area contributed by atoms with E-state index < -0.39 is 0 Å². The number of thiophene rings is 1. The Morgan fingerprint density at radius 2 is 2.33 bits per heavy atom. The summed E-state index contributed by atoms with van der Waals surface area (Å²) >= 11 is 3.78. The molecule has 0 saturated carbocycles. The zero-order valence-corrected chi connectivity index (χ0v) is 8.96. The molecule has 2 heterocycles. The summed E-state index contributed by atoms with van der Waals surface area (Å²) in [4.78, 5) is 0. The molecule has 2 nitrogen and oxygen atoms in total. The third kappa shape index (κ3) is 1.20. The maximum atomic E-state index is 9.37. The molecule has 2 aromatic rings. The van der Waals surface area contributed by atoms with Crippen molar-refractivity contribution in [2.75, 3.05) is 0 Å². The van der Waals surface area contributed by atoms with Crippen molar-refractivity contribution in [2.45, 2.75) is 0 Å². The molecule has 0 aliphatic rings. The van der Waals surface area contributed by atoms with E-state index >= 15 is 0 Å². The van der Waals surface area contributed by atoms with Crippen molar-refractivity contribution in [3.8, 4) is 0 Å². The Hall–Kier alpha value is -0.295. The zero-order chi connectivity index (χ0) is 8.72. The standard InChI is InChI=1S/C7H4BINOS/c8-4-1-2-10(11)5-3-6(9)12-7(4)5/h1-3,11H/q+1. The van der Waals surface area contributed by atoms with Crippen LogP contribution >= 0.6 is 33.9 Å². The third-order valence-electron chi connectivity index (χ3n) is 1.59. The first-order valence-corrected chi connectivity index (χ1v) is 5.16. The minimum absolute atomic E-state index is 0.711. The van der Waals surface area contributed by atoms with E-state index in [0.29, 0.717) is 5.46 Å². The van der Waals surface area contributed by atoms with Crippen molar-refractivity contribution in [3.63, 3.8) is 0 Å². The molecule has 2 aromatic heterocycles. The molecule has 1 N–H and O–H groups in total. The van der Waals surface area contributed by atoms with Crippen LogP contribution in [0.1, 0.15) is 0 Å². The lowest BCUT2D eigenvalue weighted by Gasteiger charge is -1.89. The van der Waals surface area contributed by atoms with Crippen LogP contribution in [-0.4, -0.2) is 13.1 Å². The number of rotatable bonds is 0. The average Bonchev–Trinajstić information content (AvgIpc) is 2.41. The Labute approximate surface area is 88.3 Å². The predicted octanol–water partition coefficient (Wildman–Crippen LogP) is 0.825. The molecular weight excluding hydrogens is 284 g/mol. The van der Waals surface area contributed by atoms with E-state index in [1.165, 1.54) is 0 Å². The summed E-state index contributed by atoms with van der Waals surface area (Å²) < 4.78 is 3.14. The highest BCUT2D eigenvalue weighted by atomic mass is 127. The van der Waals surface area contributed by atoms with E-state index in [9.17, 15) is 5.21 Å². The lowest BCUT2D eigenvalue weighted by molar-refractivity contribution is -0.884. The summed E-state index contributed by atoms with van der Waals surface area (Å²) in [5.41, 5.74) is 1.48.